The molecule has 0 saturated heterocycles. The lowest BCUT2D eigenvalue weighted by atomic mass is 10.2. The number of rotatable bonds is 5. The summed E-state index contributed by atoms with van der Waals surface area (Å²) in [6, 6.07) is 1.70. The van der Waals surface area contributed by atoms with E-state index >= 15 is 0 Å². The smallest absolute Gasteiger partial charge is 0.250 e. The molecule has 0 atom stereocenters. The van der Waals surface area contributed by atoms with Gasteiger partial charge in [0.2, 0.25) is 0 Å². The van der Waals surface area contributed by atoms with Gasteiger partial charge >= 0.3 is 0 Å². The number of halogens is 1. The Hall–Kier alpha value is -0.610. The molecular formula is C12H16BrNO2. The summed E-state index contributed by atoms with van der Waals surface area (Å²) in [5.74, 6) is 0. The number of pyridine rings is 1. The lowest BCUT2D eigenvalue weighted by Gasteiger charge is -2.08. The van der Waals surface area contributed by atoms with Gasteiger partial charge in [0.1, 0.15) is 0 Å². The van der Waals surface area contributed by atoms with E-state index in [1.807, 2.05) is 13.1 Å². The summed E-state index contributed by atoms with van der Waals surface area (Å²) < 4.78 is 8.23. The Bertz CT molecular complexity index is 424. The number of ether oxygens (including phenoxy) is 1. The molecule has 2 rings (SSSR count). The van der Waals surface area contributed by atoms with Crippen molar-refractivity contribution in [2.24, 2.45) is 0 Å². The van der Waals surface area contributed by atoms with Crippen LogP contribution in [0.25, 0.3) is 0 Å². The second-order valence-electron chi connectivity index (χ2n) is 4.10. The molecule has 88 valence electrons. The molecule has 1 aliphatic rings. The third-order valence-electron chi connectivity index (χ3n) is 2.75. The van der Waals surface area contributed by atoms with E-state index in [9.17, 15) is 4.79 Å². The first-order valence-electron chi connectivity index (χ1n) is 5.71. The number of nitrogens with zero attached hydrogens (tertiary/aromatic N) is 1. The average molecular weight is 286 g/mol. The zero-order valence-electron chi connectivity index (χ0n) is 9.41. The summed E-state index contributed by atoms with van der Waals surface area (Å²) >= 11 is 3.47. The predicted molar refractivity (Wildman–Crippen MR) is 66.8 cm³/mol. The third-order valence-corrected chi connectivity index (χ3v) is 3.46. The van der Waals surface area contributed by atoms with Gasteiger partial charge in [-0.2, -0.15) is 0 Å². The molecule has 1 aliphatic carbocycles. The number of hydrogen-bond acceptors (Lipinski definition) is 2. The van der Waals surface area contributed by atoms with Gasteiger partial charge < -0.3 is 9.30 Å². The maximum Gasteiger partial charge on any atom is 0.250 e. The molecule has 16 heavy (non-hydrogen) atoms. The van der Waals surface area contributed by atoms with Gasteiger partial charge in [-0.25, -0.2) is 0 Å². The molecule has 1 fully saturated rings. The molecule has 0 aliphatic heterocycles. The lowest BCUT2D eigenvalue weighted by molar-refractivity contribution is 0.111. The summed E-state index contributed by atoms with van der Waals surface area (Å²) in [6.45, 7) is 3.31. The Kier molecular flexibility index (Phi) is 3.82. The predicted octanol–water partition coefficient (Wildman–Crippen LogP) is 2.35. The highest BCUT2D eigenvalue weighted by atomic mass is 79.9. The SMILES string of the molecule is CCc1cc(=O)n(CCOC2CC2)cc1Br. The van der Waals surface area contributed by atoms with Crippen molar-refractivity contribution in [3.8, 4) is 0 Å². The molecule has 3 nitrogen and oxygen atoms in total. The minimum atomic E-state index is 0.0550. The summed E-state index contributed by atoms with van der Waals surface area (Å²) in [7, 11) is 0. The molecule has 4 heteroatoms. The Morgan fingerprint density at radius 2 is 2.31 bits per heavy atom. The van der Waals surface area contributed by atoms with Crippen molar-refractivity contribution in [3.05, 3.63) is 32.7 Å². The molecule has 1 heterocycles. The first-order chi connectivity index (χ1) is 7.70. The topological polar surface area (TPSA) is 31.2 Å². The van der Waals surface area contributed by atoms with Crippen LogP contribution in [-0.2, 0) is 17.7 Å². The zero-order valence-corrected chi connectivity index (χ0v) is 11.0. The van der Waals surface area contributed by atoms with Crippen LogP contribution in [0, 0.1) is 0 Å². The second kappa shape index (κ2) is 5.15. The highest BCUT2D eigenvalue weighted by molar-refractivity contribution is 9.10. The van der Waals surface area contributed by atoms with Crippen LogP contribution in [0.15, 0.2) is 21.5 Å². The van der Waals surface area contributed by atoms with Crippen LogP contribution in [0.5, 0.6) is 0 Å². The molecule has 1 aromatic rings. The van der Waals surface area contributed by atoms with Gasteiger partial charge in [-0.05, 0) is 40.8 Å². The molecule has 0 radical (unpaired) electrons. The van der Waals surface area contributed by atoms with E-state index in [-0.39, 0.29) is 5.56 Å². The van der Waals surface area contributed by atoms with Crippen molar-refractivity contribution in [3.63, 3.8) is 0 Å². The number of hydrogen-bond donors (Lipinski definition) is 0. The maximum absolute atomic E-state index is 11.7. The molecule has 0 spiro atoms. The van der Waals surface area contributed by atoms with Crippen LogP contribution in [0.1, 0.15) is 25.3 Å². The van der Waals surface area contributed by atoms with E-state index in [0.29, 0.717) is 19.3 Å². The molecule has 1 aromatic heterocycles. The van der Waals surface area contributed by atoms with Crippen LogP contribution >= 0.6 is 15.9 Å². The van der Waals surface area contributed by atoms with Crippen LogP contribution in [-0.4, -0.2) is 17.3 Å². The van der Waals surface area contributed by atoms with Crippen molar-refractivity contribution >= 4 is 15.9 Å². The molecule has 0 N–H and O–H groups in total. The minimum absolute atomic E-state index is 0.0550. The lowest BCUT2D eigenvalue weighted by Crippen LogP contribution is -2.22. The van der Waals surface area contributed by atoms with Gasteiger partial charge in [0.25, 0.3) is 5.56 Å². The third kappa shape index (κ3) is 2.95. The van der Waals surface area contributed by atoms with E-state index in [1.165, 1.54) is 12.8 Å². The molecule has 1 saturated carbocycles. The van der Waals surface area contributed by atoms with Crippen LogP contribution in [0.2, 0.25) is 0 Å². The molecular weight excluding hydrogens is 270 g/mol. The van der Waals surface area contributed by atoms with E-state index in [2.05, 4.69) is 15.9 Å². The number of aryl methyl sites for hydroxylation is 1. The average Bonchev–Trinajstić information content (AvgIpc) is 3.06. The highest BCUT2D eigenvalue weighted by Gasteiger charge is 2.21. The number of aromatic nitrogens is 1. The molecule has 0 bridgehead atoms. The molecule has 0 amide bonds. The summed E-state index contributed by atoms with van der Waals surface area (Å²) in [4.78, 5) is 11.7. The van der Waals surface area contributed by atoms with Gasteiger partial charge in [-0.3, -0.25) is 4.79 Å². The Morgan fingerprint density at radius 1 is 1.56 bits per heavy atom. The summed E-state index contributed by atoms with van der Waals surface area (Å²) in [6.07, 6.45) is 5.53. The van der Waals surface area contributed by atoms with E-state index in [1.54, 1.807) is 10.6 Å². The first kappa shape index (κ1) is 11.9. The normalized spacial score (nSPS) is 15.4. The Labute approximate surface area is 104 Å². The first-order valence-corrected chi connectivity index (χ1v) is 6.50. The van der Waals surface area contributed by atoms with Crippen LogP contribution in [0.3, 0.4) is 0 Å². The monoisotopic (exact) mass is 285 g/mol. The summed E-state index contributed by atoms with van der Waals surface area (Å²) in [5.41, 5.74) is 1.11. The van der Waals surface area contributed by atoms with Crippen molar-refractivity contribution in [1.82, 2.24) is 4.57 Å². The van der Waals surface area contributed by atoms with Crippen molar-refractivity contribution in [1.29, 1.82) is 0 Å². The van der Waals surface area contributed by atoms with Crippen molar-refractivity contribution < 1.29 is 4.74 Å². The van der Waals surface area contributed by atoms with Crippen LogP contribution in [0.4, 0.5) is 0 Å². The van der Waals surface area contributed by atoms with E-state index in [0.717, 1.165) is 16.5 Å². The zero-order chi connectivity index (χ0) is 11.5. The molecule has 0 aromatic carbocycles. The summed E-state index contributed by atoms with van der Waals surface area (Å²) in [5, 5.41) is 0. The van der Waals surface area contributed by atoms with Crippen molar-refractivity contribution in [2.75, 3.05) is 6.61 Å². The fourth-order valence-corrected chi connectivity index (χ4v) is 2.22. The fourth-order valence-electron chi connectivity index (χ4n) is 1.58. The minimum Gasteiger partial charge on any atom is -0.376 e. The van der Waals surface area contributed by atoms with Crippen molar-refractivity contribution in [2.45, 2.75) is 38.8 Å². The van der Waals surface area contributed by atoms with Gasteiger partial charge in [-0.15, -0.1) is 0 Å². The van der Waals surface area contributed by atoms with Gasteiger partial charge in [0.15, 0.2) is 0 Å². The van der Waals surface area contributed by atoms with E-state index in [4.69, 9.17) is 4.74 Å². The van der Waals surface area contributed by atoms with Gasteiger partial charge in [0, 0.05) is 23.3 Å². The highest BCUT2D eigenvalue weighted by Crippen LogP contribution is 2.23. The molecule has 0 unspecified atom stereocenters. The van der Waals surface area contributed by atoms with Gasteiger partial charge in [0.05, 0.1) is 12.7 Å². The maximum atomic E-state index is 11.7. The Balaban J connectivity index is 2.02. The van der Waals surface area contributed by atoms with E-state index < -0.39 is 0 Å². The van der Waals surface area contributed by atoms with Crippen LogP contribution < -0.4 is 5.56 Å². The fraction of sp³-hybridized carbons (Fsp3) is 0.583. The van der Waals surface area contributed by atoms with Gasteiger partial charge in [-0.1, -0.05) is 6.92 Å². The Morgan fingerprint density at radius 3 is 2.94 bits per heavy atom. The quantitative estimate of drug-likeness (QED) is 0.832. The standard InChI is InChI=1S/C12H16BrNO2/c1-2-9-7-12(15)14(8-11(9)13)5-6-16-10-3-4-10/h7-8,10H,2-6H2,1H3. The largest absolute Gasteiger partial charge is 0.376 e. The second-order valence-corrected chi connectivity index (χ2v) is 4.96.